The molecule has 0 aliphatic heterocycles. The molecule has 0 N–H and O–H groups in total. The Labute approximate surface area is 78.1 Å². The largest absolute Gasteiger partial charge is 0.493 e. The molecule has 0 amide bonds. The van der Waals surface area contributed by atoms with Crippen molar-refractivity contribution in [2.24, 2.45) is 0 Å². The molecule has 0 spiro atoms. The molecule has 0 atom stereocenters. The molecule has 0 saturated carbocycles. The van der Waals surface area contributed by atoms with Crippen LogP contribution in [0.25, 0.3) is 5.65 Å². The van der Waals surface area contributed by atoms with E-state index in [2.05, 4.69) is 20.9 Å². The number of nitrogens with zero attached hydrogens (tertiary/aromatic N) is 2. The molecule has 0 bridgehead atoms. The maximum Gasteiger partial charge on any atom is 0.180 e. The quantitative estimate of drug-likeness (QED) is 0.745. The zero-order valence-corrected chi connectivity index (χ0v) is 8.08. The van der Waals surface area contributed by atoms with Gasteiger partial charge in [0, 0.05) is 6.20 Å². The van der Waals surface area contributed by atoms with Crippen molar-refractivity contribution >= 4 is 21.6 Å². The smallest absolute Gasteiger partial charge is 0.180 e. The van der Waals surface area contributed by atoms with Crippen LogP contribution in [0.4, 0.5) is 0 Å². The number of imidazole rings is 1. The number of ether oxygens (including phenoxy) is 1. The second kappa shape index (κ2) is 2.79. The van der Waals surface area contributed by atoms with Crippen molar-refractivity contribution in [1.82, 2.24) is 9.38 Å². The van der Waals surface area contributed by atoms with Crippen LogP contribution in [0, 0.1) is 0 Å². The molecule has 0 aromatic carbocycles. The third-order valence-corrected chi connectivity index (χ3v) is 2.26. The fourth-order valence-corrected chi connectivity index (χ4v) is 1.50. The van der Waals surface area contributed by atoms with Crippen LogP contribution in [0.1, 0.15) is 0 Å². The molecule has 0 saturated heterocycles. The van der Waals surface area contributed by atoms with E-state index in [4.69, 9.17) is 4.74 Å². The Morgan fingerprint density at radius 2 is 2.42 bits per heavy atom. The maximum absolute atomic E-state index is 5.14. The summed E-state index contributed by atoms with van der Waals surface area (Å²) in [4.78, 5) is 4.18. The lowest BCUT2D eigenvalue weighted by Gasteiger charge is -2.00. The minimum atomic E-state index is 0.781. The van der Waals surface area contributed by atoms with Crippen molar-refractivity contribution in [3.8, 4) is 5.75 Å². The normalized spacial score (nSPS) is 10.5. The maximum atomic E-state index is 5.14. The molecule has 2 rings (SSSR count). The fourth-order valence-electron chi connectivity index (χ4n) is 1.11. The number of hydrogen-bond donors (Lipinski definition) is 0. The van der Waals surface area contributed by atoms with Gasteiger partial charge in [-0.05, 0) is 28.1 Å². The first kappa shape index (κ1) is 7.61. The van der Waals surface area contributed by atoms with Gasteiger partial charge in [0.1, 0.15) is 4.60 Å². The number of halogens is 1. The molecule has 4 heteroatoms. The van der Waals surface area contributed by atoms with Crippen LogP contribution in [0.5, 0.6) is 5.75 Å². The standard InChI is InChI=1S/C8H7BrN2O/c1-12-6-3-2-4-11-7(9)5-10-8(6)11/h2-5H,1H3. The predicted molar refractivity (Wildman–Crippen MR) is 49.4 cm³/mol. The van der Waals surface area contributed by atoms with Crippen molar-refractivity contribution < 1.29 is 4.74 Å². The summed E-state index contributed by atoms with van der Waals surface area (Å²) in [5, 5.41) is 0. The summed E-state index contributed by atoms with van der Waals surface area (Å²) in [6.45, 7) is 0. The highest BCUT2D eigenvalue weighted by Gasteiger charge is 2.03. The van der Waals surface area contributed by atoms with Crippen LogP contribution < -0.4 is 4.74 Å². The van der Waals surface area contributed by atoms with Crippen LogP contribution >= 0.6 is 15.9 Å². The summed E-state index contributed by atoms with van der Waals surface area (Å²) >= 11 is 3.38. The lowest BCUT2D eigenvalue weighted by Crippen LogP contribution is -1.89. The number of pyridine rings is 1. The number of rotatable bonds is 1. The summed E-state index contributed by atoms with van der Waals surface area (Å²) in [7, 11) is 1.64. The van der Waals surface area contributed by atoms with E-state index in [1.54, 1.807) is 13.3 Å². The average molecular weight is 227 g/mol. The molecule has 2 heterocycles. The first-order chi connectivity index (χ1) is 5.83. The van der Waals surface area contributed by atoms with Gasteiger partial charge in [-0.25, -0.2) is 4.98 Å². The van der Waals surface area contributed by atoms with Gasteiger partial charge in [-0.2, -0.15) is 0 Å². The van der Waals surface area contributed by atoms with Crippen LogP contribution in [-0.2, 0) is 0 Å². The van der Waals surface area contributed by atoms with Gasteiger partial charge in [-0.15, -0.1) is 0 Å². The van der Waals surface area contributed by atoms with Gasteiger partial charge >= 0.3 is 0 Å². The van der Waals surface area contributed by atoms with Gasteiger partial charge in [-0.3, -0.25) is 4.40 Å². The van der Waals surface area contributed by atoms with Crippen molar-refractivity contribution in [2.75, 3.05) is 7.11 Å². The van der Waals surface area contributed by atoms with Gasteiger partial charge in [0.25, 0.3) is 0 Å². The highest BCUT2D eigenvalue weighted by Crippen LogP contribution is 2.21. The van der Waals surface area contributed by atoms with E-state index < -0.39 is 0 Å². The van der Waals surface area contributed by atoms with Gasteiger partial charge in [0.15, 0.2) is 11.4 Å². The van der Waals surface area contributed by atoms with E-state index in [9.17, 15) is 0 Å². The Balaban J connectivity index is 2.81. The molecular formula is C8H7BrN2O. The molecule has 0 fully saturated rings. The van der Waals surface area contributed by atoms with Crippen molar-refractivity contribution in [3.63, 3.8) is 0 Å². The second-order valence-corrected chi connectivity index (χ2v) is 3.16. The van der Waals surface area contributed by atoms with E-state index in [0.29, 0.717) is 0 Å². The third kappa shape index (κ3) is 0.992. The monoisotopic (exact) mass is 226 g/mol. The van der Waals surface area contributed by atoms with E-state index in [-0.39, 0.29) is 0 Å². The fraction of sp³-hybridized carbons (Fsp3) is 0.125. The third-order valence-electron chi connectivity index (χ3n) is 1.67. The molecule has 12 heavy (non-hydrogen) atoms. The molecule has 2 aromatic heterocycles. The Kier molecular flexibility index (Phi) is 1.77. The highest BCUT2D eigenvalue weighted by atomic mass is 79.9. The molecule has 0 radical (unpaired) electrons. The van der Waals surface area contributed by atoms with Gasteiger partial charge < -0.3 is 4.74 Å². The SMILES string of the molecule is COc1cccn2c(Br)cnc12. The summed E-state index contributed by atoms with van der Waals surface area (Å²) in [5.41, 5.74) is 0.826. The molecule has 2 aromatic rings. The average Bonchev–Trinajstić information content (AvgIpc) is 2.48. The Bertz CT molecular complexity index is 410. The number of hydrogen-bond acceptors (Lipinski definition) is 2. The first-order valence-electron chi connectivity index (χ1n) is 3.48. The topological polar surface area (TPSA) is 26.5 Å². The summed E-state index contributed by atoms with van der Waals surface area (Å²) in [6.07, 6.45) is 3.67. The van der Waals surface area contributed by atoms with E-state index in [0.717, 1.165) is 16.0 Å². The van der Waals surface area contributed by atoms with E-state index in [1.807, 2.05) is 22.7 Å². The Morgan fingerprint density at radius 1 is 1.58 bits per heavy atom. The summed E-state index contributed by atoms with van der Waals surface area (Å²) in [5.74, 6) is 0.781. The van der Waals surface area contributed by atoms with Crippen molar-refractivity contribution in [2.45, 2.75) is 0 Å². The number of aromatic nitrogens is 2. The minimum absolute atomic E-state index is 0.781. The minimum Gasteiger partial charge on any atom is -0.493 e. The van der Waals surface area contributed by atoms with E-state index in [1.165, 1.54) is 0 Å². The van der Waals surface area contributed by atoms with E-state index >= 15 is 0 Å². The van der Waals surface area contributed by atoms with Crippen molar-refractivity contribution in [1.29, 1.82) is 0 Å². The first-order valence-corrected chi connectivity index (χ1v) is 4.28. The molecular weight excluding hydrogens is 220 g/mol. The molecule has 0 unspecified atom stereocenters. The number of fused-ring (bicyclic) bond motifs is 1. The van der Waals surface area contributed by atoms with Crippen LogP contribution in [0.15, 0.2) is 29.1 Å². The summed E-state index contributed by atoms with van der Waals surface area (Å²) < 4.78 is 7.98. The highest BCUT2D eigenvalue weighted by molar-refractivity contribution is 9.10. The zero-order chi connectivity index (χ0) is 8.55. The second-order valence-electron chi connectivity index (χ2n) is 2.35. The van der Waals surface area contributed by atoms with Crippen molar-refractivity contribution in [3.05, 3.63) is 29.1 Å². The Morgan fingerprint density at radius 3 is 3.17 bits per heavy atom. The van der Waals surface area contributed by atoms with Gasteiger partial charge in [0.05, 0.1) is 13.3 Å². The Hall–Kier alpha value is -1.03. The lowest BCUT2D eigenvalue weighted by molar-refractivity contribution is 0.417. The van der Waals surface area contributed by atoms with Gasteiger partial charge in [0.2, 0.25) is 0 Å². The van der Waals surface area contributed by atoms with Crippen LogP contribution in [0.2, 0.25) is 0 Å². The predicted octanol–water partition coefficient (Wildman–Crippen LogP) is 2.11. The molecule has 62 valence electrons. The number of methoxy groups -OCH3 is 1. The zero-order valence-electron chi connectivity index (χ0n) is 6.49. The molecule has 0 aliphatic carbocycles. The summed E-state index contributed by atoms with van der Waals surface area (Å²) in [6, 6.07) is 3.80. The van der Waals surface area contributed by atoms with Crippen LogP contribution in [0.3, 0.4) is 0 Å². The van der Waals surface area contributed by atoms with Gasteiger partial charge in [-0.1, -0.05) is 0 Å². The lowest BCUT2D eigenvalue weighted by atomic mass is 10.4. The van der Waals surface area contributed by atoms with Crippen LogP contribution in [-0.4, -0.2) is 16.5 Å². The molecule has 3 nitrogen and oxygen atoms in total. The molecule has 0 aliphatic rings.